The van der Waals surface area contributed by atoms with E-state index in [2.05, 4.69) is 10.3 Å². The standard InChI is InChI=1S/C19H19N3O3/c23-19(24)13-6-7-17-18(9-13)22(12-21-17)14-3-1-4-15(10-14)25-16-5-2-8-20-11-16/h1,3-4,6-7,9-10,12,16,20H,2,5,8,11H2,(H,23,24)/t16-/m0/s1. The van der Waals surface area contributed by atoms with Gasteiger partial charge in [-0.05, 0) is 49.7 Å². The summed E-state index contributed by atoms with van der Waals surface area (Å²) in [6, 6.07) is 12.7. The molecule has 6 nitrogen and oxygen atoms in total. The van der Waals surface area contributed by atoms with Crippen LogP contribution in [0.4, 0.5) is 0 Å². The van der Waals surface area contributed by atoms with Crippen molar-refractivity contribution in [2.75, 3.05) is 13.1 Å². The van der Waals surface area contributed by atoms with Crippen molar-refractivity contribution in [2.24, 2.45) is 0 Å². The van der Waals surface area contributed by atoms with Gasteiger partial charge in [-0.2, -0.15) is 0 Å². The van der Waals surface area contributed by atoms with E-state index in [0.29, 0.717) is 0 Å². The third-order valence-corrected chi connectivity index (χ3v) is 4.44. The number of hydrogen-bond donors (Lipinski definition) is 2. The predicted octanol–water partition coefficient (Wildman–Crippen LogP) is 2.85. The number of carbonyl (C=O) groups is 1. The average Bonchev–Trinajstić information content (AvgIpc) is 3.06. The van der Waals surface area contributed by atoms with E-state index in [-0.39, 0.29) is 11.7 Å². The van der Waals surface area contributed by atoms with Gasteiger partial charge in [0.25, 0.3) is 0 Å². The molecule has 0 unspecified atom stereocenters. The Kier molecular flexibility index (Phi) is 4.11. The largest absolute Gasteiger partial charge is 0.489 e. The number of imidazole rings is 1. The minimum absolute atomic E-state index is 0.183. The van der Waals surface area contributed by atoms with Crippen molar-refractivity contribution in [1.29, 1.82) is 0 Å². The SMILES string of the molecule is O=C(O)c1ccc2ncn(-c3cccc(O[C@H]4CCCNC4)c3)c2c1. The molecule has 1 aliphatic rings. The number of aromatic carboxylic acids is 1. The zero-order chi connectivity index (χ0) is 17.2. The van der Waals surface area contributed by atoms with Crippen molar-refractivity contribution in [3.05, 3.63) is 54.4 Å². The molecule has 0 bridgehead atoms. The van der Waals surface area contributed by atoms with Gasteiger partial charge in [0.2, 0.25) is 0 Å². The summed E-state index contributed by atoms with van der Waals surface area (Å²) in [5.41, 5.74) is 2.66. The molecule has 6 heteroatoms. The lowest BCUT2D eigenvalue weighted by Crippen LogP contribution is -2.37. The molecule has 128 valence electrons. The smallest absolute Gasteiger partial charge is 0.335 e. The Labute approximate surface area is 145 Å². The summed E-state index contributed by atoms with van der Waals surface area (Å²) in [4.78, 5) is 15.6. The molecular weight excluding hydrogens is 318 g/mol. The van der Waals surface area contributed by atoms with Gasteiger partial charge in [0, 0.05) is 12.6 Å². The Morgan fingerprint density at radius 1 is 1.28 bits per heavy atom. The number of nitrogens with one attached hydrogen (secondary N) is 1. The summed E-state index contributed by atoms with van der Waals surface area (Å²) in [6.07, 6.45) is 4.06. The molecule has 1 aromatic heterocycles. The van der Waals surface area contributed by atoms with Crippen molar-refractivity contribution in [3.8, 4) is 11.4 Å². The van der Waals surface area contributed by atoms with Gasteiger partial charge in [-0.25, -0.2) is 9.78 Å². The lowest BCUT2D eigenvalue weighted by Gasteiger charge is -2.24. The maximum Gasteiger partial charge on any atom is 0.335 e. The Balaban J connectivity index is 1.67. The fraction of sp³-hybridized carbons (Fsp3) is 0.263. The van der Waals surface area contributed by atoms with E-state index in [1.807, 2.05) is 28.8 Å². The second-order valence-corrected chi connectivity index (χ2v) is 6.21. The van der Waals surface area contributed by atoms with Gasteiger partial charge in [0.15, 0.2) is 0 Å². The van der Waals surface area contributed by atoms with Gasteiger partial charge >= 0.3 is 5.97 Å². The Morgan fingerprint density at radius 3 is 3.00 bits per heavy atom. The van der Waals surface area contributed by atoms with Crippen LogP contribution in [0, 0.1) is 0 Å². The van der Waals surface area contributed by atoms with Crippen molar-refractivity contribution >= 4 is 17.0 Å². The number of carboxylic acids is 1. The summed E-state index contributed by atoms with van der Waals surface area (Å²) in [7, 11) is 0. The molecule has 1 saturated heterocycles. The topological polar surface area (TPSA) is 76.4 Å². The molecule has 2 N–H and O–H groups in total. The van der Waals surface area contributed by atoms with Crippen LogP contribution in [0.5, 0.6) is 5.75 Å². The second-order valence-electron chi connectivity index (χ2n) is 6.21. The first kappa shape index (κ1) is 15.7. The molecule has 4 rings (SSSR count). The summed E-state index contributed by atoms with van der Waals surface area (Å²) < 4.78 is 7.96. The molecule has 0 saturated carbocycles. The minimum Gasteiger partial charge on any atom is -0.489 e. The fourth-order valence-electron chi connectivity index (χ4n) is 3.17. The summed E-state index contributed by atoms with van der Waals surface area (Å²) in [5.74, 6) is -0.140. The first-order chi connectivity index (χ1) is 12.2. The number of aromatic nitrogens is 2. The van der Waals surface area contributed by atoms with Gasteiger partial charge in [0.1, 0.15) is 18.2 Å². The molecular formula is C19H19N3O3. The molecule has 2 heterocycles. The highest BCUT2D eigenvalue weighted by Gasteiger charge is 2.15. The molecule has 0 aliphatic carbocycles. The molecule has 0 amide bonds. The normalized spacial score (nSPS) is 17.5. The maximum atomic E-state index is 11.2. The molecule has 1 atom stereocenters. The van der Waals surface area contributed by atoms with Gasteiger partial charge in [-0.1, -0.05) is 6.07 Å². The molecule has 1 fully saturated rings. The van der Waals surface area contributed by atoms with Crippen LogP contribution >= 0.6 is 0 Å². The van der Waals surface area contributed by atoms with E-state index >= 15 is 0 Å². The zero-order valence-corrected chi connectivity index (χ0v) is 13.7. The lowest BCUT2D eigenvalue weighted by atomic mass is 10.1. The first-order valence-electron chi connectivity index (χ1n) is 8.39. The number of benzene rings is 2. The zero-order valence-electron chi connectivity index (χ0n) is 13.7. The number of nitrogens with zero attached hydrogens (tertiary/aromatic N) is 2. The highest BCUT2D eigenvalue weighted by molar-refractivity contribution is 5.92. The van der Waals surface area contributed by atoms with E-state index in [1.165, 1.54) is 0 Å². The minimum atomic E-state index is -0.948. The summed E-state index contributed by atoms with van der Waals surface area (Å²) >= 11 is 0. The quantitative estimate of drug-likeness (QED) is 0.765. The van der Waals surface area contributed by atoms with Crippen LogP contribution in [-0.2, 0) is 0 Å². The number of hydrogen-bond acceptors (Lipinski definition) is 4. The Morgan fingerprint density at radius 2 is 2.20 bits per heavy atom. The van der Waals surface area contributed by atoms with Crippen LogP contribution in [0.15, 0.2) is 48.8 Å². The van der Waals surface area contributed by atoms with Crippen LogP contribution in [-0.4, -0.2) is 39.8 Å². The van der Waals surface area contributed by atoms with Gasteiger partial charge < -0.3 is 15.2 Å². The van der Waals surface area contributed by atoms with Gasteiger partial charge in [0.05, 0.1) is 22.3 Å². The van der Waals surface area contributed by atoms with Crippen molar-refractivity contribution in [1.82, 2.24) is 14.9 Å². The third kappa shape index (κ3) is 3.21. The molecule has 0 radical (unpaired) electrons. The molecule has 2 aromatic carbocycles. The Bertz CT molecular complexity index is 913. The number of piperidine rings is 1. The van der Waals surface area contributed by atoms with E-state index in [4.69, 9.17) is 4.74 Å². The first-order valence-corrected chi connectivity index (χ1v) is 8.39. The van der Waals surface area contributed by atoms with E-state index in [9.17, 15) is 9.90 Å². The highest BCUT2D eigenvalue weighted by Crippen LogP contribution is 2.24. The molecule has 0 spiro atoms. The van der Waals surface area contributed by atoms with Crippen LogP contribution in [0.2, 0.25) is 0 Å². The highest BCUT2D eigenvalue weighted by atomic mass is 16.5. The molecule has 25 heavy (non-hydrogen) atoms. The van der Waals surface area contributed by atoms with Crippen molar-refractivity contribution < 1.29 is 14.6 Å². The number of carboxylic acid groups (broad SMARTS) is 1. The van der Waals surface area contributed by atoms with Crippen molar-refractivity contribution in [2.45, 2.75) is 18.9 Å². The second kappa shape index (κ2) is 6.57. The van der Waals surface area contributed by atoms with Crippen molar-refractivity contribution in [3.63, 3.8) is 0 Å². The molecule has 1 aliphatic heterocycles. The lowest BCUT2D eigenvalue weighted by molar-refractivity contribution is 0.0697. The third-order valence-electron chi connectivity index (χ3n) is 4.44. The van der Waals surface area contributed by atoms with Crippen LogP contribution in [0.1, 0.15) is 23.2 Å². The fourth-order valence-corrected chi connectivity index (χ4v) is 3.17. The summed E-state index contributed by atoms with van der Waals surface area (Å²) in [5, 5.41) is 12.6. The predicted molar refractivity (Wildman–Crippen MR) is 94.5 cm³/mol. The van der Waals surface area contributed by atoms with Gasteiger partial charge in [-0.3, -0.25) is 4.57 Å². The van der Waals surface area contributed by atoms with Gasteiger partial charge in [-0.15, -0.1) is 0 Å². The van der Waals surface area contributed by atoms with Crippen LogP contribution in [0.3, 0.4) is 0 Å². The monoisotopic (exact) mass is 337 g/mol. The van der Waals surface area contributed by atoms with Crippen LogP contribution < -0.4 is 10.1 Å². The van der Waals surface area contributed by atoms with E-state index in [0.717, 1.165) is 48.4 Å². The maximum absolute atomic E-state index is 11.2. The molecule has 3 aromatic rings. The Hall–Kier alpha value is -2.86. The number of ether oxygens (including phenoxy) is 1. The number of rotatable bonds is 4. The van der Waals surface area contributed by atoms with E-state index in [1.54, 1.807) is 24.5 Å². The average molecular weight is 337 g/mol. The summed E-state index contributed by atoms with van der Waals surface area (Å²) in [6.45, 7) is 1.91. The number of fused-ring (bicyclic) bond motifs is 1. The van der Waals surface area contributed by atoms with Crippen LogP contribution in [0.25, 0.3) is 16.7 Å². The van der Waals surface area contributed by atoms with E-state index < -0.39 is 5.97 Å².